The quantitative estimate of drug-likeness (QED) is 0.471. The van der Waals surface area contributed by atoms with Gasteiger partial charge in [-0.15, -0.1) is 0 Å². The van der Waals surface area contributed by atoms with Gasteiger partial charge in [0, 0.05) is 19.4 Å². The van der Waals surface area contributed by atoms with Crippen molar-refractivity contribution in [2.45, 2.75) is 51.0 Å². The molecule has 0 aromatic heterocycles. The summed E-state index contributed by atoms with van der Waals surface area (Å²) in [5, 5.41) is 0. The minimum Gasteiger partial charge on any atom is -0.379 e. The van der Waals surface area contributed by atoms with Crippen LogP contribution in [0.4, 0.5) is 0 Å². The van der Waals surface area contributed by atoms with Crippen molar-refractivity contribution >= 4 is 5.91 Å². The number of carbonyl (C=O) groups excluding carboxylic acids is 1. The molecule has 1 amide bonds. The Morgan fingerprint density at radius 1 is 1.29 bits per heavy atom. The fourth-order valence-corrected chi connectivity index (χ4v) is 1.77. The fourth-order valence-electron chi connectivity index (χ4n) is 1.77. The molecule has 100 valence electrons. The van der Waals surface area contributed by atoms with Gasteiger partial charge in [-0.3, -0.25) is 9.63 Å². The van der Waals surface area contributed by atoms with Crippen LogP contribution in [-0.4, -0.2) is 31.8 Å². The molecule has 1 fully saturated rings. The van der Waals surface area contributed by atoms with Gasteiger partial charge in [-0.1, -0.05) is 19.3 Å². The highest BCUT2D eigenvalue weighted by Crippen LogP contribution is 2.07. The normalized spacial score (nSPS) is 19.5. The van der Waals surface area contributed by atoms with Gasteiger partial charge in [0.15, 0.2) is 0 Å². The van der Waals surface area contributed by atoms with Crippen LogP contribution in [0.3, 0.4) is 0 Å². The number of hydroxylamine groups is 1. The third-order valence-electron chi connectivity index (χ3n) is 2.84. The number of hydrogen-bond acceptors (Lipinski definition) is 4. The summed E-state index contributed by atoms with van der Waals surface area (Å²) in [5.41, 5.74) is 7.89. The predicted octanol–water partition coefficient (Wildman–Crippen LogP) is 1.12. The van der Waals surface area contributed by atoms with Gasteiger partial charge in [-0.25, -0.2) is 5.48 Å². The number of unbranched alkanes of at least 4 members (excludes halogenated alkanes) is 4. The van der Waals surface area contributed by atoms with Crippen molar-refractivity contribution in [3.8, 4) is 0 Å². The van der Waals surface area contributed by atoms with Crippen LogP contribution in [0, 0.1) is 0 Å². The topological polar surface area (TPSA) is 73.6 Å². The second-order valence-corrected chi connectivity index (χ2v) is 4.44. The third kappa shape index (κ3) is 7.31. The summed E-state index contributed by atoms with van der Waals surface area (Å²) in [6, 6.07) is 0. The summed E-state index contributed by atoms with van der Waals surface area (Å²) < 4.78 is 5.14. The lowest BCUT2D eigenvalue weighted by Crippen LogP contribution is -2.29. The molecule has 0 spiro atoms. The fraction of sp³-hybridized carbons (Fsp3) is 0.917. The monoisotopic (exact) mass is 244 g/mol. The highest BCUT2D eigenvalue weighted by molar-refractivity contribution is 5.74. The molecule has 3 N–H and O–H groups in total. The van der Waals surface area contributed by atoms with Crippen LogP contribution >= 0.6 is 0 Å². The number of rotatable bonds is 9. The minimum atomic E-state index is -0.0317. The van der Waals surface area contributed by atoms with E-state index in [-0.39, 0.29) is 12.0 Å². The number of hydrogen-bond donors (Lipinski definition) is 2. The van der Waals surface area contributed by atoms with Crippen molar-refractivity contribution in [1.82, 2.24) is 5.48 Å². The van der Waals surface area contributed by atoms with E-state index >= 15 is 0 Å². The summed E-state index contributed by atoms with van der Waals surface area (Å²) in [6.07, 6.45) is 6.83. The van der Waals surface area contributed by atoms with Gasteiger partial charge < -0.3 is 10.5 Å². The number of nitrogens with one attached hydrogen (secondary N) is 1. The first-order chi connectivity index (χ1) is 8.33. The Morgan fingerprint density at radius 3 is 2.76 bits per heavy atom. The van der Waals surface area contributed by atoms with Crippen molar-refractivity contribution in [3.63, 3.8) is 0 Å². The van der Waals surface area contributed by atoms with E-state index in [1.54, 1.807) is 0 Å². The first kappa shape index (κ1) is 14.4. The Hall–Kier alpha value is -0.650. The smallest absolute Gasteiger partial charge is 0.243 e. The molecule has 0 saturated carbocycles. The van der Waals surface area contributed by atoms with Crippen LogP contribution in [-0.2, 0) is 14.4 Å². The second kappa shape index (κ2) is 9.39. The van der Waals surface area contributed by atoms with Crippen LogP contribution in [0.15, 0.2) is 0 Å². The molecule has 17 heavy (non-hydrogen) atoms. The van der Waals surface area contributed by atoms with E-state index in [0.29, 0.717) is 13.0 Å². The zero-order valence-corrected chi connectivity index (χ0v) is 10.5. The average molecular weight is 244 g/mol. The van der Waals surface area contributed by atoms with Crippen LogP contribution in [0.2, 0.25) is 0 Å². The van der Waals surface area contributed by atoms with E-state index in [0.717, 1.165) is 51.7 Å². The maximum Gasteiger partial charge on any atom is 0.243 e. The first-order valence-corrected chi connectivity index (χ1v) is 6.55. The van der Waals surface area contributed by atoms with Gasteiger partial charge in [0.25, 0.3) is 0 Å². The van der Waals surface area contributed by atoms with Gasteiger partial charge in [-0.05, 0) is 19.4 Å². The largest absolute Gasteiger partial charge is 0.379 e. The lowest BCUT2D eigenvalue weighted by Gasteiger charge is -2.09. The van der Waals surface area contributed by atoms with Crippen molar-refractivity contribution in [2.24, 2.45) is 5.73 Å². The molecule has 1 rings (SSSR count). The molecule has 1 heterocycles. The molecular formula is C12H24N2O3. The highest BCUT2D eigenvalue weighted by Gasteiger charge is 2.17. The Morgan fingerprint density at radius 2 is 2.06 bits per heavy atom. The maximum absolute atomic E-state index is 11.4. The van der Waals surface area contributed by atoms with Gasteiger partial charge in [0.05, 0.1) is 6.61 Å². The van der Waals surface area contributed by atoms with Crippen LogP contribution in [0.1, 0.15) is 44.9 Å². The molecule has 1 unspecified atom stereocenters. The molecular weight excluding hydrogens is 220 g/mol. The molecule has 0 bridgehead atoms. The van der Waals surface area contributed by atoms with E-state index < -0.39 is 0 Å². The van der Waals surface area contributed by atoms with Gasteiger partial charge in [-0.2, -0.15) is 0 Å². The van der Waals surface area contributed by atoms with Crippen LogP contribution in [0.25, 0.3) is 0 Å². The van der Waals surface area contributed by atoms with Crippen molar-refractivity contribution in [1.29, 1.82) is 0 Å². The molecule has 1 atom stereocenters. The summed E-state index contributed by atoms with van der Waals surface area (Å²) in [7, 11) is 0. The summed E-state index contributed by atoms with van der Waals surface area (Å²) in [4.78, 5) is 16.6. The Labute approximate surface area is 103 Å². The van der Waals surface area contributed by atoms with Crippen molar-refractivity contribution < 1.29 is 14.4 Å². The minimum absolute atomic E-state index is 0.0310. The van der Waals surface area contributed by atoms with E-state index in [4.69, 9.17) is 15.3 Å². The van der Waals surface area contributed by atoms with Gasteiger partial charge in [0.2, 0.25) is 5.91 Å². The molecule has 5 nitrogen and oxygen atoms in total. The maximum atomic E-state index is 11.4. The van der Waals surface area contributed by atoms with Crippen LogP contribution in [0.5, 0.6) is 0 Å². The summed E-state index contributed by atoms with van der Waals surface area (Å²) >= 11 is 0. The van der Waals surface area contributed by atoms with E-state index in [2.05, 4.69) is 5.48 Å². The SMILES string of the molecule is NCCCCCCCC(=O)NOC1CCOC1. The highest BCUT2D eigenvalue weighted by atomic mass is 16.7. The number of carbonyl (C=O) groups is 1. The zero-order valence-electron chi connectivity index (χ0n) is 10.5. The van der Waals surface area contributed by atoms with Gasteiger partial charge in [0.1, 0.15) is 6.10 Å². The number of amides is 1. The van der Waals surface area contributed by atoms with Crippen molar-refractivity contribution in [3.05, 3.63) is 0 Å². The number of ether oxygens (including phenoxy) is 1. The molecule has 0 aromatic carbocycles. The lowest BCUT2D eigenvalue weighted by atomic mass is 10.1. The average Bonchev–Trinajstić information content (AvgIpc) is 2.84. The van der Waals surface area contributed by atoms with Crippen LogP contribution < -0.4 is 11.2 Å². The third-order valence-corrected chi connectivity index (χ3v) is 2.84. The second-order valence-electron chi connectivity index (χ2n) is 4.44. The molecule has 1 aliphatic rings. The Kier molecular flexibility index (Phi) is 7.96. The molecule has 5 heteroatoms. The van der Waals surface area contributed by atoms with E-state index in [1.807, 2.05) is 0 Å². The molecule has 0 radical (unpaired) electrons. The van der Waals surface area contributed by atoms with E-state index in [9.17, 15) is 4.79 Å². The lowest BCUT2D eigenvalue weighted by molar-refractivity contribution is -0.138. The van der Waals surface area contributed by atoms with Crippen molar-refractivity contribution in [2.75, 3.05) is 19.8 Å². The standard InChI is InChI=1S/C12H24N2O3/c13-8-5-3-1-2-4-6-12(15)14-17-11-7-9-16-10-11/h11H,1-10,13H2,(H,14,15). The summed E-state index contributed by atoms with van der Waals surface area (Å²) in [5.74, 6) is -0.0317. The van der Waals surface area contributed by atoms with E-state index in [1.165, 1.54) is 0 Å². The summed E-state index contributed by atoms with van der Waals surface area (Å²) in [6.45, 7) is 2.07. The molecule has 1 saturated heterocycles. The predicted molar refractivity (Wildman–Crippen MR) is 65.2 cm³/mol. The molecule has 0 aliphatic carbocycles. The Balaban J connectivity index is 1.87. The molecule has 1 aliphatic heterocycles. The Bertz CT molecular complexity index is 206. The number of nitrogens with two attached hydrogens (primary N) is 1. The zero-order chi connectivity index (χ0) is 12.3. The van der Waals surface area contributed by atoms with Gasteiger partial charge >= 0.3 is 0 Å². The first-order valence-electron chi connectivity index (χ1n) is 6.55. The molecule has 0 aromatic rings.